The van der Waals surface area contributed by atoms with E-state index in [1.807, 2.05) is 0 Å². The van der Waals surface area contributed by atoms with Crippen LogP contribution in [0.15, 0.2) is 30.4 Å². The molecule has 1 aromatic rings. The highest BCUT2D eigenvalue weighted by Crippen LogP contribution is 2.21. The van der Waals surface area contributed by atoms with Gasteiger partial charge in [-0.15, -0.1) is 0 Å². The molecule has 0 aliphatic rings. The van der Waals surface area contributed by atoms with E-state index in [1.165, 1.54) is 11.1 Å². The van der Waals surface area contributed by atoms with Crippen molar-refractivity contribution in [2.24, 2.45) is 5.92 Å². The third kappa shape index (κ3) is 4.26. The third-order valence-corrected chi connectivity index (χ3v) is 3.04. The third-order valence-electron chi connectivity index (χ3n) is 3.04. The zero-order chi connectivity index (χ0) is 12.7. The molecule has 0 aliphatic carbocycles. The number of benzene rings is 1. The Hall–Kier alpha value is -1.24. The molecule has 1 aromatic carbocycles. The van der Waals surface area contributed by atoms with Crippen molar-refractivity contribution in [1.29, 1.82) is 0 Å². The monoisotopic (exact) mass is 232 g/mol. The van der Waals surface area contributed by atoms with Crippen LogP contribution in [-0.2, 0) is 12.8 Å². The summed E-state index contributed by atoms with van der Waals surface area (Å²) in [5, 5.41) is 0. The maximum absolute atomic E-state index is 5.27. The molecule has 0 saturated heterocycles. The Morgan fingerprint density at radius 3 is 2.59 bits per heavy atom. The molecule has 0 aliphatic heterocycles. The van der Waals surface area contributed by atoms with Crippen molar-refractivity contribution in [2.45, 2.75) is 40.0 Å². The topological polar surface area (TPSA) is 9.23 Å². The second kappa shape index (κ2) is 7.16. The highest BCUT2D eigenvalue weighted by Gasteiger charge is 2.06. The van der Waals surface area contributed by atoms with Gasteiger partial charge in [-0.2, -0.15) is 0 Å². The van der Waals surface area contributed by atoms with Gasteiger partial charge in [0.05, 0.1) is 7.11 Å². The second-order valence-electron chi connectivity index (χ2n) is 4.51. The van der Waals surface area contributed by atoms with Gasteiger partial charge in [0.15, 0.2) is 0 Å². The van der Waals surface area contributed by atoms with E-state index in [4.69, 9.17) is 4.74 Å². The van der Waals surface area contributed by atoms with Gasteiger partial charge in [0, 0.05) is 0 Å². The van der Waals surface area contributed by atoms with Crippen LogP contribution in [0.5, 0.6) is 5.75 Å². The lowest BCUT2D eigenvalue weighted by Gasteiger charge is -2.12. The minimum atomic E-state index is 0.605. The lowest BCUT2D eigenvalue weighted by molar-refractivity contribution is 0.414. The van der Waals surface area contributed by atoms with Gasteiger partial charge in [0.2, 0.25) is 0 Å². The molecule has 0 spiro atoms. The number of ether oxygens (including phenoxy) is 1. The maximum atomic E-state index is 5.27. The Morgan fingerprint density at radius 2 is 2.00 bits per heavy atom. The zero-order valence-electron chi connectivity index (χ0n) is 11.5. The van der Waals surface area contributed by atoms with E-state index in [9.17, 15) is 0 Å². The highest BCUT2D eigenvalue weighted by atomic mass is 16.5. The van der Waals surface area contributed by atoms with E-state index < -0.39 is 0 Å². The molecule has 0 radical (unpaired) electrons. The van der Waals surface area contributed by atoms with Crippen LogP contribution in [0.1, 0.15) is 38.3 Å². The molecule has 0 aromatic heterocycles. The van der Waals surface area contributed by atoms with Crippen LogP contribution >= 0.6 is 0 Å². The minimum absolute atomic E-state index is 0.605. The minimum Gasteiger partial charge on any atom is -0.497 e. The molecule has 17 heavy (non-hydrogen) atoms. The fourth-order valence-corrected chi connectivity index (χ4v) is 2.04. The summed E-state index contributed by atoms with van der Waals surface area (Å²) in [6, 6.07) is 6.42. The molecule has 1 atom stereocenters. The molecule has 0 N–H and O–H groups in total. The summed E-state index contributed by atoms with van der Waals surface area (Å²) in [5.41, 5.74) is 2.85. The average Bonchev–Trinajstić information content (AvgIpc) is 2.36. The van der Waals surface area contributed by atoms with Crippen molar-refractivity contribution in [3.05, 3.63) is 41.5 Å². The van der Waals surface area contributed by atoms with Crippen molar-refractivity contribution in [2.75, 3.05) is 7.11 Å². The van der Waals surface area contributed by atoms with E-state index in [1.54, 1.807) is 7.11 Å². The molecule has 0 amide bonds. The molecule has 1 heteroatoms. The summed E-state index contributed by atoms with van der Waals surface area (Å²) in [7, 11) is 1.72. The summed E-state index contributed by atoms with van der Waals surface area (Å²) in [6.07, 6.45) is 7.86. The number of hydrogen-bond acceptors (Lipinski definition) is 1. The Labute approximate surface area is 106 Å². The first-order valence-corrected chi connectivity index (χ1v) is 6.53. The summed E-state index contributed by atoms with van der Waals surface area (Å²) >= 11 is 0. The van der Waals surface area contributed by atoms with Crippen molar-refractivity contribution in [3.8, 4) is 5.75 Å². The lowest BCUT2D eigenvalue weighted by Crippen LogP contribution is -2.00. The van der Waals surface area contributed by atoms with Gasteiger partial charge in [-0.3, -0.25) is 0 Å². The van der Waals surface area contributed by atoms with Crippen LogP contribution in [-0.4, -0.2) is 7.11 Å². The number of rotatable bonds is 6. The first kappa shape index (κ1) is 13.8. The largest absolute Gasteiger partial charge is 0.497 e. The van der Waals surface area contributed by atoms with Crippen LogP contribution in [0, 0.1) is 5.92 Å². The summed E-state index contributed by atoms with van der Waals surface area (Å²) in [6.45, 7) is 6.65. The molecule has 1 nitrogen and oxygen atoms in total. The van der Waals surface area contributed by atoms with E-state index in [-0.39, 0.29) is 0 Å². The van der Waals surface area contributed by atoms with E-state index in [0.29, 0.717) is 5.92 Å². The van der Waals surface area contributed by atoms with Gasteiger partial charge in [-0.1, -0.05) is 39.0 Å². The van der Waals surface area contributed by atoms with Gasteiger partial charge >= 0.3 is 0 Å². The first-order chi connectivity index (χ1) is 8.21. The SMILES string of the molecule is CC/C=C\C(C)Cc1ccc(OC)cc1CC. The molecule has 0 bridgehead atoms. The fourth-order valence-electron chi connectivity index (χ4n) is 2.04. The Balaban J connectivity index is 2.79. The smallest absolute Gasteiger partial charge is 0.119 e. The summed E-state index contributed by atoms with van der Waals surface area (Å²) < 4.78 is 5.27. The maximum Gasteiger partial charge on any atom is 0.119 e. The van der Waals surface area contributed by atoms with Crippen LogP contribution in [0.4, 0.5) is 0 Å². The standard InChI is InChI=1S/C16H24O/c1-5-7-8-13(3)11-15-9-10-16(17-4)12-14(15)6-2/h7-10,12-13H,5-6,11H2,1-4H3/b8-7-. The predicted octanol–water partition coefficient (Wildman–Crippen LogP) is 4.40. The number of methoxy groups -OCH3 is 1. The zero-order valence-corrected chi connectivity index (χ0v) is 11.5. The number of allylic oxidation sites excluding steroid dienone is 2. The van der Waals surface area contributed by atoms with Crippen LogP contribution in [0.2, 0.25) is 0 Å². The molecule has 0 fully saturated rings. The van der Waals surface area contributed by atoms with E-state index in [2.05, 4.69) is 51.1 Å². The fraction of sp³-hybridized carbons (Fsp3) is 0.500. The Kier molecular flexibility index (Phi) is 5.82. The number of hydrogen-bond donors (Lipinski definition) is 0. The van der Waals surface area contributed by atoms with Crippen LogP contribution in [0.25, 0.3) is 0 Å². The molecule has 1 rings (SSSR count). The van der Waals surface area contributed by atoms with E-state index >= 15 is 0 Å². The van der Waals surface area contributed by atoms with E-state index in [0.717, 1.165) is 25.0 Å². The summed E-state index contributed by atoms with van der Waals surface area (Å²) in [4.78, 5) is 0. The molecular weight excluding hydrogens is 208 g/mol. The summed E-state index contributed by atoms with van der Waals surface area (Å²) in [5.74, 6) is 1.57. The van der Waals surface area contributed by atoms with Gasteiger partial charge in [0.25, 0.3) is 0 Å². The van der Waals surface area contributed by atoms with Gasteiger partial charge in [0.1, 0.15) is 5.75 Å². The van der Waals surface area contributed by atoms with Crippen molar-refractivity contribution in [3.63, 3.8) is 0 Å². The molecule has 0 saturated carbocycles. The van der Waals surface area contributed by atoms with Crippen LogP contribution in [0.3, 0.4) is 0 Å². The van der Waals surface area contributed by atoms with Crippen molar-refractivity contribution in [1.82, 2.24) is 0 Å². The van der Waals surface area contributed by atoms with Crippen molar-refractivity contribution >= 4 is 0 Å². The van der Waals surface area contributed by atoms with Gasteiger partial charge in [-0.05, 0) is 48.4 Å². The second-order valence-corrected chi connectivity index (χ2v) is 4.51. The Bertz CT molecular complexity index is 366. The molecule has 0 heterocycles. The molecular formula is C16H24O. The lowest BCUT2D eigenvalue weighted by atomic mass is 9.95. The normalized spacial score (nSPS) is 12.9. The predicted molar refractivity (Wildman–Crippen MR) is 74.7 cm³/mol. The van der Waals surface area contributed by atoms with Crippen LogP contribution < -0.4 is 4.74 Å². The molecule has 94 valence electrons. The van der Waals surface area contributed by atoms with Crippen molar-refractivity contribution < 1.29 is 4.74 Å². The number of aryl methyl sites for hydroxylation is 1. The Morgan fingerprint density at radius 1 is 1.24 bits per heavy atom. The highest BCUT2D eigenvalue weighted by molar-refractivity contribution is 5.36. The molecule has 1 unspecified atom stereocenters. The quantitative estimate of drug-likeness (QED) is 0.660. The van der Waals surface area contributed by atoms with Gasteiger partial charge < -0.3 is 4.74 Å². The van der Waals surface area contributed by atoms with Gasteiger partial charge in [-0.25, -0.2) is 0 Å². The first-order valence-electron chi connectivity index (χ1n) is 6.53. The average molecular weight is 232 g/mol.